The molecule has 5 fully saturated rings. The Morgan fingerprint density at radius 1 is 0.828 bits per heavy atom. The number of carbonyl (C=O) groups excluding carboxylic acids is 1. The molecule has 10 N–H and O–H groups in total. The zero-order valence-electron chi connectivity index (χ0n) is 34.3. The van der Waals surface area contributed by atoms with Crippen LogP contribution < -0.4 is 0 Å². The quantitative estimate of drug-likeness (QED) is 0.0773. The molecular weight excluding hydrogens is 760 g/mol. The summed E-state index contributed by atoms with van der Waals surface area (Å²) in [6, 6.07) is 0. The zero-order valence-corrected chi connectivity index (χ0v) is 34.3. The molecule has 0 unspecified atom stereocenters. The first-order valence-electron chi connectivity index (χ1n) is 20.8. The number of aliphatic carboxylic acids is 1. The van der Waals surface area contributed by atoms with Gasteiger partial charge >= 0.3 is 11.9 Å². The normalized spacial score (nSPS) is 48.8. The van der Waals surface area contributed by atoms with Crippen LogP contribution in [0.1, 0.15) is 92.4 Å². The molecule has 2 aliphatic heterocycles. The van der Waals surface area contributed by atoms with Crippen LogP contribution in [-0.2, 0) is 28.5 Å². The lowest BCUT2D eigenvalue weighted by atomic mass is 9.35. The Hall–Kier alpha value is -2.06. The number of rotatable bonds is 11. The van der Waals surface area contributed by atoms with Crippen LogP contribution in [0.3, 0.4) is 0 Å². The number of aliphatic hydroxyl groups is 9. The molecule has 4 aliphatic carbocycles. The van der Waals surface area contributed by atoms with Crippen LogP contribution in [0.15, 0.2) is 23.8 Å². The van der Waals surface area contributed by atoms with Crippen molar-refractivity contribution in [2.24, 2.45) is 44.8 Å². The number of ether oxygens (including phenoxy) is 4. The predicted octanol–water partition coefficient (Wildman–Crippen LogP) is 0.520. The number of hydrogen-bond acceptors (Lipinski definition) is 15. The van der Waals surface area contributed by atoms with Gasteiger partial charge in [-0.3, -0.25) is 4.79 Å². The highest BCUT2D eigenvalue weighted by Crippen LogP contribution is 2.74. The second kappa shape index (κ2) is 16.3. The van der Waals surface area contributed by atoms with Gasteiger partial charge in [0.05, 0.1) is 19.3 Å². The molecule has 0 aromatic carbocycles. The van der Waals surface area contributed by atoms with Gasteiger partial charge in [0.1, 0.15) is 54.2 Å². The molecule has 0 spiro atoms. The maximum Gasteiger partial charge on any atom is 0.331 e. The van der Waals surface area contributed by atoms with Gasteiger partial charge in [-0.25, -0.2) is 4.79 Å². The summed E-state index contributed by atoms with van der Waals surface area (Å²) in [7, 11) is 0. The van der Waals surface area contributed by atoms with Crippen molar-refractivity contribution < 1.29 is 79.6 Å². The molecule has 18 atom stereocenters. The van der Waals surface area contributed by atoms with Crippen LogP contribution in [0, 0.1) is 44.8 Å². The number of carbonyl (C=O) groups is 2. The first-order chi connectivity index (χ1) is 27.0. The summed E-state index contributed by atoms with van der Waals surface area (Å²) in [5.74, 6) is -2.70. The summed E-state index contributed by atoms with van der Waals surface area (Å²) in [5.41, 5.74) is -2.09. The van der Waals surface area contributed by atoms with Gasteiger partial charge < -0.3 is 70.0 Å². The van der Waals surface area contributed by atoms with Gasteiger partial charge in [0, 0.05) is 12.2 Å². The summed E-state index contributed by atoms with van der Waals surface area (Å²) >= 11 is 0. The molecule has 330 valence electrons. The maximum atomic E-state index is 14.8. The van der Waals surface area contributed by atoms with Gasteiger partial charge in [0.25, 0.3) is 0 Å². The van der Waals surface area contributed by atoms with Crippen LogP contribution in [0.25, 0.3) is 0 Å². The summed E-state index contributed by atoms with van der Waals surface area (Å²) in [6.07, 6.45) is -11.3. The van der Waals surface area contributed by atoms with Crippen molar-refractivity contribution >= 4 is 11.9 Å². The standard InChI is InChI=1S/C42H66O16/c1-20(34(52)53)21-10-12-40(5)26(39(21,4)11-7-15-43)9-8-22-23-16-38(2,3)13-14-42(23,27(45)17-41(22,40)6)37(54)58-36-33(51)31(49)29(47)25(57-36)19-55-35-32(50)30(48)28(46)24(18-44)56-35/h8,21,23-33,35-36,43-51H,1,7,9-19H2,2-6H3,(H,52,53)/t21-,23-,24+,25+,26+,27+,28+,29+,30-,31-,32+,33+,35+,36-,39-,40+,41+,42+/m0/s1. The van der Waals surface area contributed by atoms with Gasteiger partial charge in [0.15, 0.2) is 6.29 Å². The van der Waals surface area contributed by atoms with Crippen molar-refractivity contribution in [3.05, 3.63) is 23.8 Å². The summed E-state index contributed by atoms with van der Waals surface area (Å²) in [6.45, 7) is 13.4. The number of carboxylic acid groups (broad SMARTS) is 1. The highest BCUT2D eigenvalue weighted by molar-refractivity contribution is 5.86. The van der Waals surface area contributed by atoms with Gasteiger partial charge in [-0.2, -0.15) is 0 Å². The summed E-state index contributed by atoms with van der Waals surface area (Å²) in [4.78, 5) is 27.1. The third kappa shape index (κ3) is 7.20. The van der Waals surface area contributed by atoms with E-state index in [-0.39, 0.29) is 42.3 Å². The molecule has 0 bridgehead atoms. The van der Waals surface area contributed by atoms with E-state index in [4.69, 9.17) is 18.9 Å². The molecule has 16 heteroatoms. The number of allylic oxidation sites excluding steroid dienone is 2. The molecule has 0 aromatic rings. The minimum absolute atomic E-state index is 0.0285. The number of esters is 1. The van der Waals surface area contributed by atoms with E-state index in [2.05, 4.69) is 47.3 Å². The Morgan fingerprint density at radius 2 is 1.45 bits per heavy atom. The minimum Gasteiger partial charge on any atom is -0.478 e. The van der Waals surface area contributed by atoms with E-state index in [0.717, 1.165) is 5.57 Å². The van der Waals surface area contributed by atoms with Crippen LogP contribution >= 0.6 is 0 Å². The fourth-order valence-electron chi connectivity index (χ4n) is 12.4. The Labute approximate surface area is 339 Å². The van der Waals surface area contributed by atoms with E-state index >= 15 is 0 Å². The smallest absolute Gasteiger partial charge is 0.331 e. The molecule has 0 aromatic heterocycles. The Bertz CT molecular complexity index is 1580. The molecule has 6 aliphatic rings. The summed E-state index contributed by atoms with van der Waals surface area (Å²) in [5, 5.41) is 106. The largest absolute Gasteiger partial charge is 0.478 e. The van der Waals surface area contributed by atoms with Crippen molar-refractivity contribution in [3.63, 3.8) is 0 Å². The monoisotopic (exact) mass is 826 g/mol. The highest BCUT2D eigenvalue weighted by Gasteiger charge is 2.70. The average Bonchev–Trinajstić information content (AvgIpc) is 3.16. The highest BCUT2D eigenvalue weighted by atomic mass is 16.7. The second-order valence-corrected chi connectivity index (χ2v) is 19.6. The molecule has 6 rings (SSSR count). The first kappa shape index (κ1) is 45.5. The third-order valence-corrected chi connectivity index (χ3v) is 16.1. The van der Waals surface area contributed by atoms with Crippen molar-refractivity contribution in [2.45, 2.75) is 160 Å². The molecule has 3 saturated carbocycles. The lowest BCUT2D eigenvalue weighted by molar-refractivity contribution is -0.329. The number of carboxylic acids is 1. The molecule has 58 heavy (non-hydrogen) atoms. The number of fused-ring (bicyclic) bond motifs is 5. The molecule has 2 saturated heterocycles. The van der Waals surface area contributed by atoms with E-state index < -0.39 is 120 Å². The van der Waals surface area contributed by atoms with Crippen molar-refractivity contribution in [3.8, 4) is 0 Å². The predicted molar refractivity (Wildman–Crippen MR) is 203 cm³/mol. The lowest BCUT2D eigenvalue weighted by Crippen LogP contribution is -2.67. The summed E-state index contributed by atoms with van der Waals surface area (Å²) < 4.78 is 22.7. The van der Waals surface area contributed by atoms with E-state index in [1.807, 2.05) is 0 Å². The van der Waals surface area contributed by atoms with Gasteiger partial charge in [-0.1, -0.05) is 52.8 Å². The minimum atomic E-state index is -1.90. The van der Waals surface area contributed by atoms with Crippen molar-refractivity contribution in [2.75, 3.05) is 19.8 Å². The van der Waals surface area contributed by atoms with Crippen LogP contribution in [0.4, 0.5) is 0 Å². The van der Waals surface area contributed by atoms with Gasteiger partial charge in [0.2, 0.25) is 6.29 Å². The molecule has 2 heterocycles. The van der Waals surface area contributed by atoms with E-state index in [1.54, 1.807) is 0 Å². The topological polar surface area (TPSA) is 273 Å². The Kier molecular flexibility index (Phi) is 12.8. The fourth-order valence-corrected chi connectivity index (χ4v) is 12.4. The maximum absolute atomic E-state index is 14.8. The second-order valence-electron chi connectivity index (χ2n) is 19.6. The van der Waals surface area contributed by atoms with Crippen molar-refractivity contribution in [1.82, 2.24) is 0 Å². The fraction of sp³-hybridized carbons (Fsp3) is 0.857. The molecule has 0 radical (unpaired) electrons. The Balaban J connectivity index is 1.29. The number of aliphatic hydroxyl groups excluding tert-OH is 9. The Morgan fingerprint density at radius 3 is 2.07 bits per heavy atom. The molecular formula is C42H66O16. The van der Waals surface area contributed by atoms with Crippen LogP contribution in [0.5, 0.6) is 0 Å². The van der Waals surface area contributed by atoms with E-state index in [0.29, 0.717) is 44.9 Å². The molecule has 0 amide bonds. The van der Waals surface area contributed by atoms with E-state index in [9.17, 15) is 60.7 Å². The first-order valence-corrected chi connectivity index (χ1v) is 20.8. The van der Waals surface area contributed by atoms with Crippen molar-refractivity contribution in [1.29, 1.82) is 0 Å². The van der Waals surface area contributed by atoms with Gasteiger partial charge in [-0.15, -0.1) is 0 Å². The van der Waals surface area contributed by atoms with E-state index in [1.165, 1.54) is 0 Å². The van der Waals surface area contributed by atoms with Crippen LogP contribution in [0.2, 0.25) is 0 Å². The zero-order chi connectivity index (χ0) is 42.9. The van der Waals surface area contributed by atoms with Gasteiger partial charge in [-0.05, 0) is 97.2 Å². The number of hydrogen-bond donors (Lipinski definition) is 10. The average molecular weight is 827 g/mol. The third-order valence-electron chi connectivity index (χ3n) is 16.1. The lowest BCUT2D eigenvalue weighted by Gasteiger charge is -2.69. The van der Waals surface area contributed by atoms with Crippen LogP contribution in [-0.4, -0.2) is 150 Å². The molecule has 16 nitrogen and oxygen atoms in total. The SMILES string of the molecule is C=C(C(=O)O)[C@@H]1CC[C@]2(C)[C@H](CC=C3[C@@H]4CC(C)(C)CC[C@]4(C(=O)O[C@@H]4O[C@H](CO[C@@H]5O[C@H](CO)[C@@H](O)[C@H](O)[C@H]5O)[C@@H](O)[C@H](O)[C@H]4O)[C@H](O)C[C@]32C)[C@@]1(C)CCCO.